The lowest BCUT2D eigenvalue weighted by atomic mass is 9.92. The molecule has 4 heterocycles. The summed E-state index contributed by atoms with van der Waals surface area (Å²) in [4.78, 5) is 0. The largest absolute Gasteiger partial charge is 0.452 e. The molecule has 5 nitrogen and oxygen atoms in total. The van der Waals surface area contributed by atoms with Crippen molar-refractivity contribution in [3.8, 4) is 45.1 Å². The Hall–Kier alpha value is -8.25. The summed E-state index contributed by atoms with van der Waals surface area (Å²) in [6, 6.07) is 73.5. The van der Waals surface area contributed by atoms with Crippen LogP contribution in [0.3, 0.4) is 0 Å². The van der Waals surface area contributed by atoms with Crippen LogP contribution in [0.2, 0.25) is 0 Å². The second-order valence-corrected chi connectivity index (χ2v) is 17.4. The van der Waals surface area contributed by atoms with Gasteiger partial charge in [0.1, 0.15) is 7.05 Å². The molecule has 0 spiro atoms. The van der Waals surface area contributed by atoms with Crippen LogP contribution in [0.15, 0.2) is 212 Å². The van der Waals surface area contributed by atoms with E-state index < -0.39 is 6.29 Å². The number of hydrogen-bond donors (Lipinski definition) is 1. The van der Waals surface area contributed by atoms with Gasteiger partial charge in [-0.1, -0.05) is 152 Å². The minimum atomic E-state index is -1.34. The van der Waals surface area contributed by atoms with Crippen molar-refractivity contribution in [2.75, 3.05) is 0 Å². The molecule has 1 N–H and O–H groups in total. The Balaban J connectivity index is 1.35. The first-order valence-electron chi connectivity index (χ1n) is 22.6. The molecule has 5 heteroatoms. The van der Waals surface area contributed by atoms with Crippen LogP contribution in [0, 0.1) is 13.8 Å². The van der Waals surface area contributed by atoms with Crippen LogP contribution >= 0.6 is 0 Å². The summed E-state index contributed by atoms with van der Waals surface area (Å²) in [7, 11) is 1.96. The van der Waals surface area contributed by atoms with E-state index in [1.54, 1.807) is 0 Å². The van der Waals surface area contributed by atoms with E-state index in [0.29, 0.717) is 11.6 Å². The quantitative estimate of drug-likeness (QED) is 0.0986. The number of ether oxygens (including phenoxy) is 1. The van der Waals surface area contributed by atoms with Crippen LogP contribution in [-0.4, -0.2) is 5.11 Å². The van der Waals surface area contributed by atoms with Gasteiger partial charge < -0.3 is 9.84 Å². The number of benzene rings is 8. The molecule has 12 rings (SSSR count). The highest BCUT2D eigenvalue weighted by Crippen LogP contribution is 2.43. The third-order valence-electron chi connectivity index (χ3n) is 13.3. The van der Waals surface area contributed by atoms with Gasteiger partial charge in [-0.3, -0.25) is 0 Å². The molecule has 12 aromatic rings. The molecular weight excluding hydrogens is 807 g/mol. The van der Waals surface area contributed by atoms with E-state index >= 15 is 0 Å². The van der Waals surface area contributed by atoms with E-state index in [1.165, 1.54) is 0 Å². The van der Waals surface area contributed by atoms with E-state index in [1.807, 2.05) is 29.9 Å². The molecule has 0 aliphatic carbocycles. The van der Waals surface area contributed by atoms with Crippen molar-refractivity contribution < 1.29 is 23.4 Å². The van der Waals surface area contributed by atoms with Gasteiger partial charge in [-0.05, 0) is 76.3 Å². The zero-order chi connectivity index (χ0) is 44.5. The van der Waals surface area contributed by atoms with Crippen LogP contribution in [0.25, 0.3) is 98.8 Å². The molecule has 0 aliphatic heterocycles. The fourth-order valence-electron chi connectivity index (χ4n) is 10.3. The van der Waals surface area contributed by atoms with Gasteiger partial charge in [0, 0.05) is 47.0 Å². The highest BCUT2D eigenvalue weighted by Gasteiger charge is 2.40. The average molecular weight is 853 g/mol. The van der Waals surface area contributed by atoms with Crippen molar-refractivity contribution in [1.29, 1.82) is 0 Å². The number of fused-ring (bicyclic) bond motifs is 9. The molecule has 0 aliphatic rings. The third-order valence-corrected chi connectivity index (χ3v) is 13.3. The Labute approximate surface area is 382 Å². The van der Waals surface area contributed by atoms with Gasteiger partial charge in [-0.2, -0.15) is 4.57 Å². The number of para-hydroxylation sites is 2. The molecule has 0 bridgehead atoms. The number of aliphatic hydroxyl groups is 1. The maximum atomic E-state index is 12.6. The summed E-state index contributed by atoms with van der Waals surface area (Å²) in [5.74, 6) is 0.512. The summed E-state index contributed by atoms with van der Waals surface area (Å²) in [5, 5.41) is 21.4. The SMILES string of the molecule is Cc1ccc(C(O)Oc2c(-[n+]3c(-c4c(C)ccc5ccccc45)cc(-c4ccccc4)c4ccccc43)c3ccc4ccccc4c3c3cc(-c4ccccc4)c4ccccc4[n+]23)[n+](C)c1. The summed E-state index contributed by atoms with van der Waals surface area (Å²) in [6.07, 6.45) is 0.683. The lowest BCUT2D eigenvalue weighted by Crippen LogP contribution is -2.42. The van der Waals surface area contributed by atoms with Crippen molar-refractivity contribution in [2.24, 2.45) is 7.05 Å². The highest BCUT2D eigenvalue weighted by molar-refractivity contribution is 6.17. The number of hydrogen-bond acceptors (Lipinski definition) is 2. The Morgan fingerprint density at radius 3 is 1.74 bits per heavy atom. The lowest BCUT2D eigenvalue weighted by molar-refractivity contribution is -0.686. The van der Waals surface area contributed by atoms with Gasteiger partial charge in [0.05, 0.1) is 27.1 Å². The van der Waals surface area contributed by atoms with Crippen LogP contribution in [-0.2, 0) is 7.05 Å². The van der Waals surface area contributed by atoms with Gasteiger partial charge in [0.15, 0.2) is 6.20 Å². The second kappa shape index (κ2) is 15.8. The normalized spacial score (nSPS) is 12.2. The Morgan fingerprint density at radius 2 is 1.05 bits per heavy atom. The molecule has 0 saturated heterocycles. The van der Waals surface area contributed by atoms with Crippen molar-refractivity contribution >= 4 is 59.6 Å². The Kier molecular flexibility index (Phi) is 9.40. The Bertz CT molecular complexity index is 3900. The number of nitrogens with zero attached hydrogens (tertiary/aromatic N) is 3. The van der Waals surface area contributed by atoms with Gasteiger partial charge in [-0.15, -0.1) is 8.97 Å². The molecular formula is C61H46N3O2+3. The molecule has 314 valence electrons. The molecule has 8 aromatic carbocycles. The minimum Gasteiger partial charge on any atom is -0.398 e. The highest BCUT2D eigenvalue weighted by atomic mass is 16.6. The van der Waals surface area contributed by atoms with Crippen LogP contribution in [0.4, 0.5) is 0 Å². The van der Waals surface area contributed by atoms with Gasteiger partial charge in [-0.25, -0.2) is 0 Å². The van der Waals surface area contributed by atoms with Crippen LogP contribution in [0.1, 0.15) is 23.1 Å². The van der Waals surface area contributed by atoms with E-state index in [0.717, 1.165) is 110 Å². The maximum absolute atomic E-state index is 12.6. The van der Waals surface area contributed by atoms with E-state index in [9.17, 15) is 5.11 Å². The van der Waals surface area contributed by atoms with E-state index in [4.69, 9.17) is 4.74 Å². The van der Waals surface area contributed by atoms with E-state index in [2.05, 4.69) is 217 Å². The van der Waals surface area contributed by atoms with Crippen molar-refractivity contribution in [2.45, 2.75) is 20.1 Å². The topological polar surface area (TPSA) is 41.3 Å². The third kappa shape index (κ3) is 6.31. The number of pyridine rings is 4. The first-order chi connectivity index (χ1) is 32.4. The zero-order valence-corrected chi connectivity index (χ0v) is 37.0. The molecule has 1 unspecified atom stereocenters. The zero-order valence-electron chi connectivity index (χ0n) is 37.0. The number of aromatic nitrogens is 3. The van der Waals surface area contributed by atoms with E-state index in [-0.39, 0.29) is 0 Å². The molecule has 66 heavy (non-hydrogen) atoms. The molecule has 0 amide bonds. The number of aryl methyl sites for hydroxylation is 3. The number of rotatable bonds is 7. The predicted octanol–water partition coefficient (Wildman–Crippen LogP) is 13.0. The van der Waals surface area contributed by atoms with Gasteiger partial charge >= 0.3 is 11.6 Å². The fourth-order valence-corrected chi connectivity index (χ4v) is 10.3. The predicted molar refractivity (Wildman–Crippen MR) is 268 cm³/mol. The molecule has 4 aromatic heterocycles. The second-order valence-electron chi connectivity index (χ2n) is 17.4. The molecule has 0 radical (unpaired) electrons. The van der Waals surface area contributed by atoms with Crippen LogP contribution in [0.5, 0.6) is 5.88 Å². The summed E-state index contributed by atoms with van der Waals surface area (Å²) < 4.78 is 14.0. The molecule has 0 fully saturated rings. The summed E-state index contributed by atoms with van der Waals surface area (Å²) in [5.41, 5.74) is 13.2. The van der Waals surface area contributed by atoms with Crippen molar-refractivity contribution in [3.05, 3.63) is 229 Å². The van der Waals surface area contributed by atoms with Crippen molar-refractivity contribution in [3.63, 3.8) is 0 Å². The molecule has 0 saturated carbocycles. The van der Waals surface area contributed by atoms with Gasteiger partial charge in [0.2, 0.25) is 22.2 Å². The minimum absolute atomic E-state index is 0.512. The fraction of sp³-hybridized carbons (Fsp3) is 0.0656. The smallest absolute Gasteiger partial charge is 0.398 e. The summed E-state index contributed by atoms with van der Waals surface area (Å²) >= 11 is 0. The average Bonchev–Trinajstić information content (AvgIpc) is 3.36. The monoisotopic (exact) mass is 852 g/mol. The Morgan fingerprint density at radius 1 is 0.485 bits per heavy atom. The standard InChI is InChI=1S/C61H46N3O2/c1-39-30-35-54(62(3)38-39)61(65)66-60-59(49-34-33-44-23-11-13-25-46(44)58(49)56-37-51(42-20-8-5-9-21-42)48-27-15-17-29-53(48)64(56)60)63-52-28-16-14-26-47(52)50(41-18-6-4-7-19-41)36-55(63)57-40(2)31-32-43-22-10-12-24-45(43)57/h4-38,61,65H,1-3H3/q+3. The number of aliphatic hydroxyl groups excluding tert-OH is 1. The lowest BCUT2D eigenvalue weighted by Gasteiger charge is -2.18. The maximum Gasteiger partial charge on any atom is 0.452 e. The molecule has 1 atom stereocenters. The van der Waals surface area contributed by atoms with Crippen LogP contribution < -0.4 is 18.3 Å². The first kappa shape index (κ1) is 39.3. The first-order valence-corrected chi connectivity index (χ1v) is 22.6. The van der Waals surface area contributed by atoms with Gasteiger partial charge in [0.25, 0.3) is 12.0 Å². The van der Waals surface area contributed by atoms with Crippen molar-refractivity contribution in [1.82, 2.24) is 0 Å². The summed E-state index contributed by atoms with van der Waals surface area (Å²) in [6.45, 7) is 4.27.